The lowest BCUT2D eigenvalue weighted by molar-refractivity contribution is -0.0555. The smallest absolute Gasteiger partial charge is 0.0844 e. The molecule has 3 N–H and O–H groups in total. The van der Waals surface area contributed by atoms with E-state index in [0.29, 0.717) is 6.04 Å². The van der Waals surface area contributed by atoms with Crippen molar-refractivity contribution < 1.29 is 4.74 Å². The minimum absolute atomic E-state index is 0.000139. The van der Waals surface area contributed by atoms with Crippen molar-refractivity contribution in [1.82, 2.24) is 5.43 Å². The largest absolute Gasteiger partial charge is 0.377 e. The maximum atomic E-state index is 5.92. The summed E-state index contributed by atoms with van der Waals surface area (Å²) in [5.74, 6) is 6.77. The number of hydrogen-bond donors (Lipinski definition) is 2. The molecule has 0 aliphatic heterocycles. The SMILES string of the molecule is COC1(C(CCC2CC2)NN)CCCCCC1. The van der Waals surface area contributed by atoms with Crippen LogP contribution >= 0.6 is 0 Å². The van der Waals surface area contributed by atoms with Gasteiger partial charge in [0.05, 0.1) is 11.6 Å². The molecule has 2 rings (SSSR count). The van der Waals surface area contributed by atoms with Crippen molar-refractivity contribution in [3.63, 3.8) is 0 Å². The highest BCUT2D eigenvalue weighted by Gasteiger charge is 2.39. The molecule has 2 fully saturated rings. The van der Waals surface area contributed by atoms with E-state index in [9.17, 15) is 0 Å². The van der Waals surface area contributed by atoms with Gasteiger partial charge in [-0.25, -0.2) is 0 Å². The molecule has 2 aliphatic carbocycles. The molecule has 0 bridgehead atoms. The molecular formula is C14H28N2O. The van der Waals surface area contributed by atoms with Gasteiger partial charge in [0.2, 0.25) is 0 Å². The van der Waals surface area contributed by atoms with E-state index in [1.807, 2.05) is 7.11 Å². The summed E-state index contributed by atoms with van der Waals surface area (Å²) in [4.78, 5) is 0. The van der Waals surface area contributed by atoms with Gasteiger partial charge < -0.3 is 4.74 Å². The highest BCUT2D eigenvalue weighted by atomic mass is 16.5. The van der Waals surface area contributed by atoms with Gasteiger partial charge in [0, 0.05) is 7.11 Å². The summed E-state index contributed by atoms with van der Waals surface area (Å²) >= 11 is 0. The molecule has 100 valence electrons. The van der Waals surface area contributed by atoms with E-state index in [4.69, 9.17) is 10.6 Å². The van der Waals surface area contributed by atoms with E-state index in [-0.39, 0.29) is 5.60 Å². The van der Waals surface area contributed by atoms with Crippen LogP contribution in [0.2, 0.25) is 0 Å². The van der Waals surface area contributed by atoms with Crippen molar-refractivity contribution in [2.75, 3.05) is 7.11 Å². The second-order valence-corrected chi connectivity index (χ2v) is 5.92. The number of hydrazine groups is 1. The van der Waals surface area contributed by atoms with Crippen molar-refractivity contribution in [3.8, 4) is 0 Å². The minimum Gasteiger partial charge on any atom is -0.377 e. The van der Waals surface area contributed by atoms with Crippen LogP contribution < -0.4 is 11.3 Å². The Labute approximate surface area is 105 Å². The summed E-state index contributed by atoms with van der Waals surface area (Å²) in [6.07, 6.45) is 13.0. The summed E-state index contributed by atoms with van der Waals surface area (Å²) in [6, 6.07) is 0.339. The highest BCUT2D eigenvalue weighted by Crippen LogP contribution is 2.38. The third kappa shape index (κ3) is 3.43. The predicted octanol–water partition coefficient (Wildman–Crippen LogP) is 2.75. The molecule has 0 aromatic heterocycles. The summed E-state index contributed by atoms with van der Waals surface area (Å²) in [5, 5.41) is 0. The van der Waals surface area contributed by atoms with Crippen molar-refractivity contribution in [3.05, 3.63) is 0 Å². The molecule has 17 heavy (non-hydrogen) atoms. The van der Waals surface area contributed by atoms with Gasteiger partial charge in [-0.2, -0.15) is 0 Å². The van der Waals surface area contributed by atoms with E-state index < -0.39 is 0 Å². The van der Waals surface area contributed by atoms with E-state index >= 15 is 0 Å². The first-order valence-electron chi connectivity index (χ1n) is 7.32. The first kappa shape index (κ1) is 13.3. The lowest BCUT2D eigenvalue weighted by Crippen LogP contribution is -2.54. The van der Waals surface area contributed by atoms with E-state index in [1.165, 1.54) is 64.2 Å². The molecule has 0 aromatic carbocycles. The average Bonchev–Trinajstić information content (AvgIpc) is 3.16. The third-order valence-corrected chi connectivity index (χ3v) is 4.75. The minimum atomic E-state index is 0.000139. The van der Waals surface area contributed by atoms with Gasteiger partial charge in [-0.05, 0) is 31.6 Å². The second kappa shape index (κ2) is 6.17. The molecule has 1 unspecified atom stereocenters. The summed E-state index contributed by atoms with van der Waals surface area (Å²) in [6.45, 7) is 0. The van der Waals surface area contributed by atoms with Crippen LogP contribution in [0.5, 0.6) is 0 Å². The van der Waals surface area contributed by atoms with Gasteiger partial charge in [0.25, 0.3) is 0 Å². The molecule has 3 nitrogen and oxygen atoms in total. The van der Waals surface area contributed by atoms with Gasteiger partial charge in [0.1, 0.15) is 0 Å². The fourth-order valence-electron chi connectivity index (χ4n) is 3.33. The Balaban J connectivity index is 1.94. The van der Waals surface area contributed by atoms with Gasteiger partial charge in [-0.15, -0.1) is 0 Å². The molecule has 0 radical (unpaired) electrons. The Morgan fingerprint density at radius 3 is 2.35 bits per heavy atom. The standard InChI is InChI=1S/C14H28N2O/c1-17-14(10-4-2-3-5-11-14)13(16-15)9-8-12-6-7-12/h12-13,16H,2-11,15H2,1H3. The van der Waals surface area contributed by atoms with E-state index in [2.05, 4.69) is 5.43 Å². The molecule has 0 heterocycles. The molecule has 0 spiro atoms. The molecule has 3 heteroatoms. The summed E-state index contributed by atoms with van der Waals surface area (Å²) in [7, 11) is 1.87. The van der Waals surface area contributed by atoms with Gasteiger partial charge in [-0.3, -0.25) is 11.3 Å². The number of ether oxygens (including phenoxy) is 1. The van der Waals surface area contributed by atoms with Crippen LogP contribution in [-0.2, 0) is 4.74 Å². The average molecular weight is 240 g/mol. The van der Waals surface area contributed by atoms with Crippen LogP contribution in [0.25, 0.3) is 0 Å². The predicted molar refractivity (Wildman–Crippen MR) is 70.5 cm³/mol. The second-order valence-electron chi connectivity index (χ2n) is 5.92. The highest BCUT2D eigenvalue weighted by molar-refractivity contribution is 4.94. The quantitative estimate of drug-likeness (QED) is 0.426. The Hall–Kier alpha value is -0.120. The zero-order valence-corrected chi connectivity index (χ0v) is 11.2. The maximum absolute atomic E-state index is 5.92. The van der Waals surface area contributed by atoms with Gasteiger partial charge in [0.15, 0.2) is 0 Å². The molecular weight excluding hydrogens is 212 g/mol. The monoisotopic (exact) mass is 240 g/mol. The molecule has 2 saturated carbocycles. The molecule has 0 amide bonds. The van der Waals surface area contributed by atoms with Gasteiger partial charge in [-0.1, -0.05) is 38.5 Å². The fourth-order valence-corrected chi connectivity index (χ4v) is 3.33. The Bertz CT molecular complexity index is 220. The normalized spacial score (nSPS) is 26.5. The maximum Gasteiger partial charge on any atom is 0.0844 e. The molecule has 0 saturated heterocycles. The van der Waals surface area contributed by atoms with E-state index in [1.54, 1.807) is 0 Å². The third-order valence-electron chi connectivity index (χ3n) is 4.75. The van der Waals surface area contributed by atoms with Crippen LogP contribution in [0.3, 0.4) is 0 Å². The lowest BCUT2D eigenvalue weighted by atomic mass is 9.83. The Morgan fingerprint density at radius 1 is 1.24 bits per heavy atom. The number of hydrogen-bond acceptors (Lipinski definition) is 3. The zero-order valence-electron chi connectivity index (χ0n) is 11.2. The van der Waals surface area contributed by atoms with Crippen molar-refractivity contribution >= 4 is 0 Å². The first-order valence-corrected chi connectivity index (χ1v) is 7.32. The summed E-state index contributed by atoms with van der Waals surface area (Å²) in [5.41, 5.74) is 3.05. The van der Waals surface area contributed by atoms with Gasteiger partial charge >= 0.3 is 0 Å². The lowest BCUT2D eigenvalue weighted by Gasteiger charge is -2.39. The Morgan fingerprint density at radius 2 is 1.88 bits per heavy atom. The first-order chi connectivity index (χ1) is 8.30. The molecule has 1 atom stereocenters. The molecule has 2 aliphatic rings. The molecule has 0 aromatic rings. The van der Waals surface area contributed by atoms with E-state index in [0.717, 1.165) is 5.92 Å². The summed E-state index contributed by atoms with van der Waals surface area (Å²) < 4.78 is 5.92. The van der Waals surface area contributed by atoms with Crippen LogP contribution in [-0.4, -0.2) is 18.8 Å². The topological polar surface area (TPSA) is 47.3 Å². The van der Waals surface area contributed by atoms with Crippen LogP contribution in [0, 0.1) is 5.92 Å². The fraction of sp³-hybridized carbons (Fsp3) is 1.00. The van der Waals surface area contributed by atoms with Crippen molar-refractivity contribution in [1.29, 1.82) is 0 Å². The number of nitrogens with one attached hydrogen (secondary N) is 1. The van der Waals surface area contributed by atoms with Crippen molar-refractivity contribution in [2.45, 2.75) is 75.9 Å². The van der Waals surface area contributed by atoms with Crippen molar-refractivity contribution in [2.24, 2.45) is 11.8 Å². The Kier molecular flexibility index (Phi) is 4.83. The number of rotatable bonds is 6. The van der Waals surface area contributed by atoms with Crippen LogP contribution in [0.4, 0.5) is 0 Å². The number of nitrogens with two attached hydrogens (primary N) is 1. The van der Waals surface area contributed by atoms with Crippen LogP contribution in [0.1, 0.15) is 64.2 Å². The number of methoxy groups -OCH3 is 1. The van der Waals surface area contributed by atoms with Crippen LogP contribution in [0.15, 0.2) is 0 Å². The zero-order chi connectivity index (χ0) is 12.1.